The molecule has 8 atom stereocenters. The number of phenols is 3. The minimum absolute atomic E-state index is 0.0639. The van der Waals surface area contributed by atoms with Gasteiger partial charge in [-0.25, -0.2) is 9.59 Å². The number of carbonyl (C=O) groups is 2. The first-order valence-electron chi connectivity index (χ1n) is 20.8. The van der Waals surface area contributed by atoms with Gasteiger partial charge >= 0.3 is 11.9 Å². The maximum absolute atomic E-state index is 13.3. The van der Waals surface area contributed by atoms with E-state index in [2.05, 4.69) is 0 Å². The molecule has 0 amide bonds. The quantitative estimate of drug-likeness (QED) is 0.0556. The average Bonchev–Trinajstić information content (AvgIpc) is 3.34. The molecule has 4 aromatic carbocycles. The molecule has 0 spiro atoms. The van der Waals surface area contributed by atoms with E-state index >= 15 is 0 Å². The summed E-state index contributed by atoms with van der Waals surface area (Å²) in [5, 5.41) is 75.4. The number of phenolic OH excluding ortho intramolecular Hbond substituents is 3. The van der Waals surface area contributed by atoms with Gasteiger partial charge in [-0.3, -0.25) is 0 Å². The number of carbonyl (C=O) groups excluding carboxylic acids is 2. The number of methoxy groups -OCH3 is 6. The molecule has 0 radical (unpaired) electrons. The molecule has 1 fully saturated rings. The van der Waals surface area contributed by atoms with E-state index < -0.39 is 67.0 Å². The van der Waals surface area contributed by atoms with Gasteiger partial charge in [0.15, 0.2) is 52.1 Å². The van der Waals surface area contributed by atoms with E-state index in [4.69, 9.17) is 47.4 Å². The molecule has 0 unspecified atom stereocenters. The second kappa shape index (κ2) is 22.1. The van der Waals surface area contributed by atoms with Crippen LogP contribution in [-0.2, 0) is 30.2 Å². The van der Waals surface area contributed by atoms with Crippen molar-refractivity contribution in [3.63, 3.8) is 0 Å². The van der Waals surface area contributed by atoms with Gasteiger partial charge in [0.2, 0.25) is 17.8 Å². The van der Waals surface area contributed by atoms with Crippen molar-refractivity contribution >= 4 is 24.1 Å². The number of benzene rings is 4. The van der Waals surface area contributed by atoms with Gasteiger partial charge in [-0.1, -0.05) is 12.1 Å². The molecule has 1 aliphatic carbocycles. The third-order valence-electron chi connectivity index (χ3n) is 11.6. The zero-order valence-corrected chi connectivity index (χ0v) is 37.5. The van der Waals surface area contributed by atoms with Crippen LogP contribution in [0.15, 0.2) is 66.7 Å². The largest absolute Gasteiger partial charge is 0.504 e. The van der Waals surface area contributed by atoms with E-state index in [1.54, 1.807) is 18.2 Å². The Labute approximate surface area is 385 Å². The van der Waals surface area contributed by atoms with E-state index in [1.165, 1.54) is 91.2 Å². The summed E-state index contributed by atoms with van der Waals surface area (Å²) in [5.41, 5.74) is 2.55. The number of esters is 2. The first-order chi connectivity index (χ1) is 32.2. The molecule has 0 aromatic heterocycles. The van der Waals surface area contributed by atoms with E-state index in [-0.39, 0.29) is 77.1 Å². The molecule has 1 aliphatic heterocycles. The monoisotopic (exact) mass is 934 g/mol. The van der Waals surface area contributed by atoms with Gasteiger partial charge in [-0.15, -0.1) is 0 Å². The fraction of sp³-hybridized carbons (Fsp3) is 0.375. The van der Waals surface area contributed by atoms with Crippen LogP contribution in [0.3, 0.4) is 0 Å². The summed E-state index contributed by atoms with van der Waals surface area (Å²) in [4.78, 5) is 26.4. The molecule has 0 saturated carbocycles. The highest BCUT2D eigenvalue weighted by Gasteiger charge is 2.49. The number of ether oxygens (including phenoxy) is 10. The van der Waals surface area contributed by atoms with Crippen LogP contribution in [0.5, 0.6) is 57.5 Å². The van der Waals surface area contributed by atoms with Crippen molar-refractivity contribution < 1.29 is 92.7 Å². The Morgan fingerprint density at radius 1 is 0.672 bits per heavy atom. The summed E-state index contributed by atoms with van der Waals surface area (Å²) in [5.74, 6) is -3.73. The fourth-order valence-corrected chi connectivity index (χ4v) is 8.25. The van der Waals surface area contributed by atoms with Gasteiger partial charge in [0.1, 0.15) is 24.9 Å². The van der Waals surface area contributed by atoms with Crippen molar-refractivity contribution in [2.24, 2.45) is 11.8 Å². The molecular weight excluding hydrogens is 881 g/mol. The maximum Gasteiger partial charge on any atom is 0.331 e. The van der Waals surface area contributed by atoms with Crippen LogP contribution in [0.2, 0.25) is 0 Å². The lowest BCUT2D eigenvalue weighted by Crippen LogP contribution is -2.61. The van der Waals surface area contributed by atoms with Crippen molar-refractivity contribution in [3.05, 3.63) is 94.6 Å². The van der Waals surface area contributed by atoms with E-state index in [1.807, 2.05) is 0 Å². The molecule has 7 N–H and O–H groups in total. The third-order valence-corrected chi connectivity index (χ3v) is 11.6. The van der Waals surface area contributed by atoms with E-state index in [0.29, 0.717) is 27.8 Å². The molecule has 4 aromatic rings. The third kappa shape index (κ3) is 10.7. The SMILES string of the molecule is COc1cc(/C=C/C(=O)OC[C@H]2O[C@@H](Oc3c(OC)cc4c(c3OC)[C@H](c3cc(OC)c(O)c(OC)c3)[C@@H](CO)[C@H](CO)C4)[C@H](O)[C@@H](O)[C@@H]2OC(=O)/C=C/c2ccc(O)c(OC)c2)ccc1O. The van der Waals surface area contributed by atoms with E-state index in [9.17, 15) is 45.3 Å². The Balaban J connectivity index is 1.36. The molecule has 6 rings (SSSR count). The average molecular weight is 935 g/mol. The fourth-order valence-electron chi connectivity index (χ4n) is 8.25. The number of fused-ring (bicyclic) bond motifs is 1. The van der Waals surface area contributed by atoms with Gasteiger partial charge in [-0.05, 0) is 95.1 Å². The zero-order chi connectivity index (χ0) is 48.5. The Hall–Kier alpha value is -6.90. The highest BCUT2D eigenvalue weighted by molar-refractivity contribution is 5.88. The minimum atomic E-state index is -1.93. The molecule has 2 aliphatic rings. The normalized spacial score (nSPS) is 22.4. The molecule has 1 saturated heterocycles. The second-order valence-electron chi connectivity index (χ2n) is 15.5. The lowest BCUT2D eigenvalue weighted by molar-refractivity contribution is -0.281. The van der Waals surface area contributed by atoms with Crippen LogP contribution in [-0.4, -0.2) is 141 Å². The summed E-state index contributed by atoms with van der Waals surface area (Å²) >= 11 is 0. The molecular formula is C48H54O19. The van der Waals surface area contributed by atoms with Crippen molar-refractivity contribution in [2.45, 2.75) is 43.0 Å². The minimum Gasteiger partial charge on any atom is -0.504 e. The van der Waals surface area contributed by atoms with Crippen molar-refractivity contribution in [1.29, 1.82) is 0 Å². The summed E-state index contributed by atoms with van der Waals surface area (Å²) in [6.07, 6.45) is -3.63. The highest BCUT2D eigenvalue weighted by atomic mass is 16.7. The van der Waals surface area contributed by atoms with Crippen LogP contribution in [0.1, 0.15) is 33.7 Å². The van der Waals surface area contributed by atoms with Crippen LogP contribution in [0, 0.1) is 11.8 Å². The molecule has 19 heteroatoms. The first kappa shape index (κ1) is 49.5. The molecule has 360 valence electrons. The van der Waals surface area contributed by atoms with Gasteiger partial charge in [-0.2, -0.15) is 0 Å². The maximum atomic E-state index is 13.3. The van der Waals surface area contributed by atoms with Gasteiger partial charge in [0.05, 0.1) is 42.7 Å². The molecule has 19 nitrogen and oxygen atoms in total. The van der Waals surface area contributed by atoms with Crippen LogP contribution in [0.25, 0.3) is 12.2 Å². The Bertz CT molecular complexity index is 2420. The number of rotatable bonds is 18. The first-order valence-corrected chi connectivity index (χ1v) is 20.8. The summed E-state index contributed by atoms with van der Waals surface area (Å²) in [6.45, 7) is -1.33. The smallest absolute Gasteiger partial charge is 0.331 e. The van der Waals surface area contributed by atoms with Crippen LogP contribution in [0.4, 0.5) is 0 Å². The van der Waals surface area contributed by atoms with Gasteiger partial charge in [0.25, 0.3) is 0 Å². The Kier molecular flexibility index (Phi) is 16.3. The topological polar surface area (TPSA) is 268 Å². The zero-order valence-electron chi connectivity index (χ0n) is 37.5. The van der Waals surface area contributed by atoms with Crippen LogP contribution >= 0.6 is 0 Å². The molecule has 0 bridgehead atoms. The van der Waals surface area contributed by atoms with Crippen molar-refractivity contribution in [3.8, 4) is 57.5 Å². The van der Waals surface area contributed by atoms with Crippen molar-refractivity contribution in [1.82, 2.24) is 0 Å². The predicted molar refractivity (Wildman–Crippen MR) is 237 cm³/mol. The Morgan fingerprint density at radius 2 is 1.24 bits per heavy atom. The number of aliphatic hydroxyl groups is 4. The van der Waals surface area contributed by atoms with E-state index in [0.717, 1.165) is 12.2 Å². The van der Waals surface area contributed by atoms with Crippen LogP contribution < -0.4 is 33.2 Å². The van der Waals surface area contributed by atoms with Crippen molar-refractivity contribution in [2.75, 3.05) is 62.5 Å². The summed E-state index contributed by atoms with van der Waals surface area (Å²) in [6, 6.07) is 13.5. The Morgan fingerprint density at radius 3 is 1.76 bits per heavy atom. The number of hydrogen-bond donors (Lipinski definition) is 7. The summed E-state index contributed by atoms with van der Waals surface area (Å²) < 4.78 is 56.7. The predicted octanol–water partition coefficient (Wildman–Crippen LogP) is 3.47. The number of aromatic hydroxyl groups is 3. The van der Waals surface area contributed by atoms with Gasteiger partial charge in [0, 0.05) is 36.8 Å². The summed E-state index contributed by atoms with van der Waals surface area (Å²) in [7, 11) is 8.18. The number of hydrogen-bond acceptors (Lipinski definition) is 19. The number of aliphatic hydroxyl groups excluding tert-OH is 4. The standard InChI is InChI=1S/C48H54O19/c1-58-32-15-24(7-11-30(32)51)9-13-38(53)64-23-37-45(66-39(54)14-10-25-8-12-31(52)33(16-25)59-2)43(56)44(57)48(65-37)67-46-36(62-5)20-26-17-28(21-49)29(22-50)40(41(26)47(46)63-6)27-18-34(60-3)42(55)35(19-27)61-4/h7-16,18-20,28-29,37,40,43-45,48-52,55-57H,17,21-23H2,1-6H3/b13-9+,14-10+/t28-,29-,37+,40+,43+,44+,45+,48-/m0/s1. The lowest BCUT2D eigenvalue weighted by Gasteiger charge is -2.42. The molecule has 1 heterocycles. The highest BCUT2D eigenvalue weighted by Crippen LogP contribution is 2.55. The second-order valence-corrected chi connectivity index (χ2v) is 15.5. The molecule has 67 heavy (non-hydrogen) atoms. The lowest BCUT2D eigenvalue weighted by atomic mass is 9.66. The van der Waals surface area contributed by atoms with Gasteiger partial charge < -0.3 is 83.1 Å².